The Hall–Kier alpha value is -1.43. The monoisotopic (exact) mass is 334 g/mol. The highest BCUT2D eigenvalue weighted by molar-refractivity contribution is 5.76. The fourth-order valence-electron chi connectivity index (χ4n) is 4.17. The maximum absolute atomic E-state index is 12.2. The van der Waals surface area contributed by atoms with E-state index in [1.165, 1.54) is 6.42 Å². The van der Waals surface area contributed by atoms with Gasteiger partial charge in [0.05, 0.1) is 6.54 Å². The molecule has 0 spiro atoms. The van der Waals surface area contributed by atoms with E-state index >= 15 is 0 Å². The Bertz CT molecular complexity index is 557. The Morgan fingerprint density at radius 1 is 1.25 bits per heavy atom. The van der Waals surface area contributed by atoms with E-state index < -0.39 is 0 Å². The first-order valence-electron chi connectivity index (χ1n) is 9.43. The fourth-order valence-corrected chi connectivity index (χ4v) is 4.17. The number of carbonyl (C=O) groups is 1. The largest absolute Gasteiger partial charge is 0.338 e. The second-order valence-corrected chi connectivity index (χ2v) is 7.53. The van der Waals surface area contributed by atoms with E-state index in [1.54, 1.807) is 0 Å². The summed E-state index contributed by atoms with van der Waals surface area (Å²) in [5, 5.41) is 4.10. The van der Waals surface area contributed by atoms with Crippen molar-refractivity contribution in [3.8, 4) is 0 Å². The van der Waals surface area contributed by atoms with E-state index in [2.05, 4.69) is 33.8 Å². The second kappa shape index (κ2) is 7.64. The van der Waals surface area contributed by atoms with E-state index in [4.69, 9.17) is 4.52 Å². The van der Waals surface area contributed by atoms with Crippen LogP contribution in [0.2, 0.25) is 0 Å². The lowest BCUT2D eigenvalue weighted by atomic mass is 10.0. The van der Waals surface area contributed by atoms with E-state index in [-0.39, 0.29) is 0 Å². The van der Waals surface area contributed by atoms with Gasteiger partial charge in [-0.05, 0) is 38.1 Å². The number of hydrogen-bond donors (Lipinski definition) is 0. The molecule has 1 aromatic rings. The molecule has 0 saturated carbocycles. The van der Waals surface area contributed by atoms with E-state index in [9.17, 15) is 4.79 Å². The van der Waals surface area contributed by atoms with Gasteiger partial charge < -0.3 is 9.42 Å². The van der Waals surface area contributed by atoms with Crippen molar-refractivity contribution in [1.29, 1.82) is 0 Å². The first-order chi connectivity index (χ1) is 11.6. The van der Waals surface area contributed by atoms with Gasteiger partial charge in [-0.1, -0.05) is 25.9 Å². The van der Waals surface area contributed by atoms with Crippen LogP contribution in [-0.2, 0) is 17.8 Å². The lowest BCUT2D eigenvalue weighted by molar-refractivity contribution is -0.132. The minimum Gasteiger partial charge on any atom is -0.338 e. The van der Waals surface area contributed by atoms with E-state index in [0.717, 1.165) is 44.6 Å². The normalized spacial score (nSPS) is 25.1. The van der Waals surface area contributed by atoms with Crippen LogP contribution in [0.5, 0.6) is 0 Å². The molecule has 2 saturated heterocycles. The van der Waals surface area contributed by atoms with Gasteiger partial charge in [-0.25, -0.2) is 0 Å². The lowest BCUT2D eigenvalue weighted by Gasteiger charge is -2.34. The van der Waals surface area contributed by atoms with Crippen LogP contribution in [-0.4, -0.2) is 51.0 Å². The number of rotatable bonds is 6. The molecule has 2 fully saturated rings. The summed E-state index contributed by atoms with van der Waals surface area (Å²) in [5.74, 6) is 2.34. The predicted molar refractivity (Wildman–Crippen MR) is 91.3 cm³/mol. The topological polar surface area (TPSA) is 62.5 Å². The summed E-state index contributed by atoms with van der Waals surface area (Å²) in [5.41, 5.74) is 0. The van der Waals surface area contributed by atoms with Gasteiger partial charge in [0.25, 0.3) is 0 Å². The summed E-state index contributed by atoms with van der Waals surface area (Å²) in [4.78, 5) is 21.3. The summed E-state index contributed by atoms with van der Waals surface area (Å²) in [6, 6.07) is 0.793. The molecular weight excluding hydrogens is 304 g/mol. The zero-order valence-corrected chi connectivity index (χ0v) is 15.2. The minimum atomic E-state index is 0.293. The Labute approximate surface area is 144 Å². The first kappa shape index (κ1) is 17.4. The molecule has 3 rings (SSSR count). The van der Waals surface area contributed by atoms with E-state index in [0.29, 0.717) is 42.8 Å². The van der Waals surface area contributed by atoms with Crippen LogP contribution in [0.15, 0.2) is 4.52 Å². The quantitative estimate of drug-likeness (QED) is 0.800. The molecule has 24 heavy (non-hydrogen) atoms. The first-order valence-corrected chi connectivity index (χ1v) is 9.43. The van der Waals surface area contributed by atoms with Crippen molar-refractivity contribution in [2.24, 2.45) is 5.92 Å². The van der Waals surface area contributed by atoms with Gasteiger partial charge in [0.15, 0.2) is 5.82 Å². The van der Waals surface area contributed by atoms with Crippen molar-refractivity contribution in [1.82, 2.24) is 19.9 Å². The van der Waals surface area contributed by atoms with Crippen molar-refractivity contribution in [3.63, 3.8) is 0 Å². The molecular formula is C18H30N4O2. The number of aromatic nitrogens is 2. The van der Waals surface area contributed by atoms with Crippen LogP contribution >= 0.6 is 0 Å². The maximum atomic E-state index is 12.2. The van der Waals surface area contributed by atoms with Crippen LogP contribution < -0.4 is 0 Å². The number of amides is 1. The Balaban J connectivity index is 1.65. The number of carbonyl (C=O) groups excluding carboxylic acids is 1. The highest BCUT2D eigenvalue weighted by Crippen LogP contribution is 2.31. The van der Waals surface area contributed by atoms with Crippen molar-refractivity contribution < 1.29 is 9.32 Å². The van der Waals surface area contributed by atoms with Gasteiger partial charge in [0, 0.05) is 31.5 Å². The summed E-state index contributed by atoms with van der Waals surface area (Å²) in [7, 11) is 0. The molecule has 6 heteroatoms. The van der Waals surface area contributed by atoms with Gasteiger partial charge >= 0.3 is 0 Å². The van der Waals surface area contributed by atoms with Gasteiger partial charge in [-0.2, -0.15) is 4.98 Å². The smallest absolute Gasteiger partial charge is 0.240 e. The summed E-state index contributed by atoms with van der Waals surface area (Å²) in [6.07, 6.45) is 6.04. The zero-order valence-electron chi connectivity index (χ0n) is 15.2. The Morgan fingerprint density at radius 3 is 2.75 bits per heavy atom. The van der Waals surface area contributed by atoms with Crippen LogP contribution in [0.1, 0.15) is 64.6 Å². The Morgan fingerprint density at radius 2 is 2.00 bits per heavy atom. The van der Waals surface area contributed by atoms with Crippen LogP contribution in [0.25, 0.3) is 0 Å². The average Bonchev–Trinajstić information content (AvgIpc) is 3.26. The second-order valence-electron chi connectivity index (χ2n) is 7.53. The molecule has 2 atom stereocenters. The molecule has 0 N–H and O–H groups in total. The molecule has 0 unspecified atom stereocenters. The van der Waals surface area contributed by atoms with Crippen molar-refractivity contribution in [2.45, 2.75) is 77.9 Å². The SMILES string of the molecule is CCC(=O)N1CCC[C@H]1[C@@H]1CCCN1Cc1nc(CC(C)C)no1. The van der Waals surface area contributed by atoms with Gasteiger partial charge in [-0.3, -0.25) is 9.69 Å². The predicted octanol–water partition coefficient (Wildman–Crippen LogP) is 2.63. The third-order valence-corrected chi connectivity index (χ3v) is 5.22. The van der Waals surface area contributed by atoms with Gasteiger partial charge in [-0.15, -0.1) is 0 Å². The number of likely N-dealkylation sites (tertiary alicyclic amines) is 2. The van der Waals surface area contributed by atoms with Crippen molar-refractivity contribution >= 4 is 5.91 Å². The highest BCUT2D eigenvalue weighted by Gasteiger charge is 2.39. The van der Waals surface area contributed by atoms with Crippen LogP contribution in [0.4, 0.5) is 0 Å². The Kier molecular flexibility index (Phi) is 5.54. The van der Waals surface area contributed by atoms with Gasteiger partial charge in [0.1, 0.15) is 0 Å². The molecule has 134 valence electrons. The molecule has 6 nitrogen and oxygen atoms in total. The third-order valence-electron chi connectivity index (χ3n) is 5.22. The highest BCUT2D eigenvalue weighted by atomic mass is 16.5. The molecule has 0 aliphatic carbocycles. The molecule has 1 aromatic heterocycles. The molecule has 0 aromatic carbocycles. The lowest BCUT2D eigenvalue weighted by Crippen LogP contribution is -2.47. The van der Waals surface area contributed by atoms with Gasteiger partial charge in [0.2, 0.25) is 11.8 Å². The van der Waals surface area contributed by atoms with Crippen molar-refractivity contribution in [2.75, 3.05) is 13.1 Å². The minimum absolute atomic E-state index is 0.293. The molecule has 2 aliphatic rings. The average molecular weight is 334 g/mol. The van der Waals surface area contributed by atoms with Crippen LogP contribution in [0.3, 0.4) is 0 Å². The molecule has 1 amide bonds. The number of nitrogens with zero attached hydrogens (tertiary/aromatic N) is 4. The standard InChI is InChI=1S/C18H30N4O2/c1-4-18(23)22-10-6-8-15(22)14-7-5-9-21(14)12-17-19-16(20-24-17)11-13(2)3/h13-15H,4-12H2,1-3H3/t14-,15-/m0/s1. The molecule has 2 aliphatic heterocycles. The summed E-state index contributed by atoms with van der Waals surface area (Å²) in [6.45, 7) is 8.95. The number of hydrogen-bond acceptors (Lipinski definition) is 5. The molecule has 3 heterocycles. The fraction of sp³-hybridized carbons (Fsp3) is 0.833. The van der Waals surface area contributed by atoms with E-state index in [1.807, 2.05) is 6.92 Å². The molecule has 0 bridgehead atoms. The van der Waals surface area contributed by atoms with Crippen LogP contribution in [0, 0.1) is 5.92 Å². The van der Waals surface area contributed by atoms with Crippen molar-refractivity contribution in [3.05, 3.63) is 11.7 Å². The third kappa shape index (κ3) is 3.79. The summed E-state index contributed by atoms with van der Waals surface area (Å²) < 4.78 is 5.45. The zero-order chi connectivity index (χ0) is 17.1. The summed E-state index contributed by atoms with van der Waals surface area (Å²) >= 11 is 0. The molecule has 0 radical (unpaired) electrons. The maximum Gasteiger partial charge on any atom is 0.240 e.